The first-order valence-corrected chi connectivity index (χ1v) is 24.5. The van der Waals surface area contributed by atoms with Gasteiger partial charge in [-0.2, -0.15) is 41.6 Å². The lowest BCUT2D eigenvalue weighted by molar-refractivity contribution is -0.138. The maximum atomic E-state index is 14.3. The van der Waals surface area contributed by atoms with Gasteiger partial charge in [0, 0.05) is 88.3 Å². The minimum absolute atomic E-state index is 0. The van der Waals surface area contributed by atoms with Gasteiger partial charge in [0.15, 0.2) is 22.8 Å². The van der Waals surface area contributed by atoms with E-state index in [2.05, 4.69) is 65.4 Å². The number of pyridine rings is 6. The van der Waals surface area contributed by atoms with Crippen LogP contribution in [-0.4, -0.2) is 118 Å². The van der Waals surface area contributed by atoms with Crippen molar-refractivity contribution in [1.29, 1.82) is 0 Å². The zero-order chi connectivity index (χ0) is 53.5. The fraction of sp³-hybridized carbons (Fsp3) is 0.353. The molecular weight excluding hydrogens is 998 g/mol. The van der Waals surface area contributed by atoms with Gasteiger partial charge in [-0.3, -0.25) is 15.3 Å². The molecule has 25 heteroatoms. The van der Waals surface area contributed by atoms with E-state index < -0.39 is 23.5 Å². The van der Waals surface area contributed by atoms with Gasteiger partial charge in [-0.05, 0) is 124 Å². The Hall–Kier alpha value is -7.90. The third-order valence-electron chi connectivity index (χ3n) is 14.0. The van der Waals surface area contributed by atoms with Crippen LogP contribution >= 0.6 is 0 Å². The second kappa shape index (κ2) is 20.7. The summed E-state index contributed by atoms with van der Waals surface area (Å²) >= 11 is 0. The molecule has 18 nitrogen and oxygen atoms in total. The summed E-state index contributed by atoms with van der Waals surface area (Å²) in [6.07, 6.45) is -2.40. The molecule has 2 atom stereocenters. The Kier molecular flexibility index (Phi) is 14.0. The number of hydrogen-bond donors (Lipinski definition) is 6. The maximum Gasteiger partial charge on any atom is 0.418 e. The van der Waals surface area contributed by atoms with E-state index in [0.717, 1.165) is 49.3 Å². The summed E-state index contributed by atoms with van der Waals surface area (Å²) in [5.74, 6) is 2.46. The number of H-pyrrole nitrogens is 3. The minimum Gasteiger partial charge on any atom is -0.356 e. The van der Waals surface area contributed by atoms with Crippen molar-refractivity contribution in [3.05, 3.63) is 108 Å². The van der Waals surface area contributed by atoms with Gasteiger partial charge in [-0.15, -0.1) is 0 Å². The Bertz CT molecular complexity index is 3500. The molecular formula is C51H57F7N18. The van der Waals surface area contributed by atoms with Crippen molar-refractivity contribution in [2.45, 2.75) is 44.6 Å². The normalized spacial score (nSPS) is 17.3. The van der Waals surface area contributed by atoms with Crippen molar-refractivity contribution in [2.24, 2.45) is 35.0 Å². The standard InChI is InChI=1S/C19H21F3N6.C16H15F3N6.C16H17FN6.2H2/c1-18(2,23)11-7-9-28(10-11)14-6-5-13(19(20,21)22)16(25-14)15-12-4-3-8-24-17(12)27-26-15;17-16(18,19)11-3-4-12(25-7-9(6-20)8-25)22-14(11)13-10-2-1-5-21-15(10)24-23-13;17-12-3-4-13(23-7-5-10(8-18)9-23)20-15(12)14-11-2-1-6-19-16(11)22-21-14;;/h3-6,8,11H,7,9-10,23H2,1-2H3,(H,24,26,27);1-5,9H,6-8,20H2,(H,21,23,24);1-4,6,10H,5,7-9,18H2,(H,19,21,22);2*1H/t;;10-;;/m..1../s1. The molecule has 0 spiro atoms. The molecule has 0 aliphatic carbocycles. The van der Waals surface area contributed by atoms with Crippen LogP contribution in [0.2, 0.25) is 0 Å². The molecule has 0 saturated carbocycles. The Morgan fingerprint density at radius 3 is 1.38 bits per heavy atom. The zero-order valence-electron chi connectivity index (χ0n) is 41.2. The van der Waals surface area contributed by atoms with Gasteiger partial charge in [0.25, 0.3) is 0 Å². The number of alkyl halides is 6. The first kappa shape index (κ1) is 51.6. The summed E-state index contributed by atoms with van der Waals surface area (Å²) in [5.41, 5.74) is 17.8. The van der Waals surface area contributed by atoms with Crippen molar-refractivity contribution < 1.29 is 33.6 Å². The van der Waals surface area contributed by atoms with Crippen LogP contribution in [0.3, 0.4) is 0 Å². The molecule has 1 unspecified atom stereocenters. The summed E-state index contributed by atoms with van der Waals surface area (Å²) < 4.78 is 95.7. The Balaban J connectivity index is 0.000000153. The topological polar surface area (TPSA) is 251 Å². The van der Waals surface area contributed by atoms with Gasteiger partial charge in [-0.25, -0.2) is 34.3 Å². The van der Waals surface area contributed by atoms with Crippen LogP contribution in [0.1, 0.15) is 40.7 Å². The van der Waals surface area contributed by atoms with Crippen molar-refractivity contribution in [3.8, 4) is 34.2 Å². The molecule has 400 valence electrons. The Morgan fingerprint density at radius 2 is 0.947 bits per heavy atom. The molecule has 9 aromatic rings. The molecule has 12 rings (SSSR count). The third-order valence-corrected chi connectivity index (χ3v) is 14.0. The summed E-state index contributed by atoms with van der Waals surface area (Å²) in [6.45, 7) is 9.67. The predicted molar refractivity (Wildman–Crippen MR) is 278 cm³/mol. The molecule has 9 N–H and O–H groups in total. The predicted octanol–water partition coefficient (Wildman–Crippen LogP) is 8.47. The van der Waals surface area contributed by atoms with E-state index in [4.69, 9.17) is 17.2 Å². The molecule has 0 radical (unpaired) electrons. The number of nitrogens with two attached hydrogens (primary N) is 3. The van der Waals surface area contributed by atoms with E-state index in [1.807, 2.05) is 29.7 Å². The average molecular weight is 1060 g/mol. The fourth-order valence-electron chi connectivity index (χ4n) is 9.68. The summed E-state index contributed by atoms with van der Waals surface area (Å²) in [4.78, 5) is 31.6. The van der Waals surface area contributed by atoms with E-state index >= 15 is 0 Å². The van der Waals surface area contributed by atoms with Crippen LogP contribution in [0.25, 0.3) is 67.3 Å². The second-order valence-electron chi connectivity index (χ2n) is 19.6. The van der Waals surface area contributed by atoms with Gasteiger partial charge >= 0.3 is 12.4 Å². The van der Waals surface area contributed by atoms with Crippen LogP contribution in [0, 0.1) is 23.6 Å². The quantitative estimate of drug-likeness (QED) is 0.0742. The fourth-order valence-corrected chi connectivity index (χ4v) is 9.68. The highest BCUT2D eigenvalue weighted by molar-refractivity contribution is 5.92. The van der Waals surface area contributed by atoms with Gasteiger partial charge in [0.1, 0.15) is 34.5 Å². The lowest BCUT2D eigenvalue weighted by Gasteiger charge is -2.39. The number of nitrogens with zero attached hydrogens (tertiary/aromatic N) is 12. The van der Waals surface area contributed by atoms with Crippen LogP contribution in [-0.2, 0) is 12.4 Å². The zero-order valence-corrected chi connectivity index (χ0v) is 41.2. The lowest BCUT2D eigenvalue weighted by Crippen LogP contribution is -2.50. The smallest absolute Gasteiger partial charge is 0.356 e. The third kappa shape index (κ3) is 10.5. The van der Waals surface area contributed by atoms with Gasteiger partial charge in [0.05, 0.1) is 28.2 Å². The first-order valence-electron chi connectivity index (χ1n) is 24.5. The molecule has 3 fully saturated rings. The van der Waals surface area contributed by atoms with Crippen LogP contribution < -0.4 is 31.9 Å². The number of nitrogens with one attached hydrogen (secondary N) is 3. The molecule has 3 aliphatic rings. The van der Waals surface area contributed by atoms with Gasteiger partial charge in [-0.1, -0.05) is 0 Å². The minimum atomic E-state index is -4.53. The molecule has 3 saturated heterocycles. The van der Waals surface area contributed by atoms with Crippen molar-refractivity contribution in [1.82, 2.24) is 60.5 Å². The number of fused-ring (bicyclic) bond motifs is 3. The second-order valence-corrected chi connectivity index (χ2v) is 19.6. The average Bonchev–Trinajstić information content (AvgIpc) is 4.31. The molecule has 9 aromatic heterocycles. The number of halogens is 7. The number of rotatable bonds is 9. The molecule has 76 heavy (non-hydrogen) atoms. The lowest BCUT2D eigenvalue weighted by atomic mass is 9.88. The highest BCUT2D eigenvalue weighted by atomic mass is 19.4. The van der Waals surface area contributed by atoms with E-state index in [-0.39, 0.29) is 48.6 Å². The summed E-state index contributed by atoms with van der Waals surface area (Å²) in [5, 5.41) is 22.1. The number of hydrogen-bond acceptors (Lipinski definition) is 15. The molecule has 12 heterocycles. The van der Waals surface area contributed by atoms with E-state index in [9.17, 15) is 30.7 Å². The van der Waals surface area contributed by atoms with Crippen LogP contribution in [0.4, 0.5) is 48.2 Å². The molecule has 3 aliphatic heterocycles. The molecule has 0 bridgehead atoms. The largest absolute Gasteiger partial charge is 0.418 e. The maximum absolute atomic E-state index is 14.3. The van der Waals surface area contributed by atoms with Gasteiger partial charge in [0.2, 0.25) is 0 Å². The van der Waals surface area contributed by atoms with Crippen molar-refractivity contribution in [3.63, 3.8) is 0 Å². The number of aromatic amines is 3. The van der Waals surface area contributed by atoms with Crippen LogP contribution in [0.5, 0.6) is 0 Å². The Labute approximate surface area is 432 Å². The number of anilines is 3. The molecule has 0 aromatic carbocycles. The highest BCUT2D eigenvalue weighted by Gasteiger charge is 2.39. The van der Waals surface area contributed by atoms with Crippen molar-refractivity contribution in [2.75, 3.05) is 67.1 Å². The SMILES string of the molecule is CC(C)(N)C1CCN(c2ccc(C(F)(F)F)c(-c3[nH]nc4ncccc34)n2)C1.NCC1CN(c2ccc(C(F)(F)F)c(-c3[nH]nc4ncccc34)n2)C1.NC[C@H]1CCN(c2ccc(F)c(-c3[nH]nc4ncccc34)n2)C1.[HH].[HH]. The summed E-state index contributed by atoms with van der Waals surface area (Å²) in [6, 6.07) is 18.5. The van der Waals surface area contributed by atoms with E-state index in [1.165, 1.54) is 24.4 Å². The van der Waals surface area contributed by atoms with Crippen LogP contribution in [0.15, 0.2) is 91.4 Å². The molecule has 0 amide bonds. The Morgan fingerprint density at radius 1 is 0.539 bits per heavy atom. The monoisotopic (exact) mass is 1050 g/mol. The van der Waals surface area contributed by atoms with Gasteiger partial charge < -0.3 is 31.9 Å². The summed E-state index contributed by atoms with van der Waals surface area (Å²) in [7, 11) is 0. The van der Waals surface area contributed by atoms with Crippen molar-refractivity contribution >= 4 is 50.6 Å². The van der Waals surface area contributed by atoms with E-state index in [0.29, 0.717) is 96.1 Å². The van der Waals surface area contributed by atoms with E-state index in [1.54, 1.807) is 48.8 Å². The first-order chi connectivity index (χ1) is 36.4. The highest BCUT2D eigenvalue weighted by Crippen LogP contribution is 2.41. The number of aromatic nitrogens is 12.